The maximum absolute atomic E-state index is 12.1. The zero-order valence-electron chi connectivity index (χ0n) is 14.7. The highest BCUT2D eigenvalue weighted by molar-refractivity contribution is 7.89. The zero-order chi connectivity index (χ0) is 19.6. The summed E-state index contributed by atoms with van der Waals surface area (Å²) in [7, 11) is -1.10. The van der Waals surface area contributed by atoms with Crippen LogP contribution in [0.4, 0.5) is 0 Å². The second-order valence-electron chi connectivity index (χ2n) is 5.65. The molecule has 3 N–H and O–H groups in total. The van der Waals surface area contributed by atoms with Crippen molar-refractivity contribution in [3.05, 3.63) is 58.6 Å². The lowest BCUT2D eigenvalue weighted by Crippen LogP contribution is -2.16. The lowest BCUT2D eigenvalue weighted by Gasteiger charge is -2.14. The van der Waals surface area contributed by atoms with Crippen LogP contribution in [0.5, 0.6) is 11.5 Å². The van der Waals surface area contributed by atoms with Crippen LogP contribution in [-0.2, 0) is 16.4 Å². The fourth-order valence-corrected chi connectivity index (χ4v) is 3.79. The van der Waals surface area contributed by atoms with E-state index in [0.717, 1.165) is 5.69 Å². The van der Waals surface area contributed by atoms with Crippen LogP contribution < -0.4 is 14.6 Å². The number of primary sulfonamides is 1. The number of aromatic nitrogens is 3. The van der Waals surface area contributed by atoms with E-state index in [4.69, 9.17) is 26.8 Å². The van der Waals surface area contributed by atoms with Gasteiger partial charge in [0.15, 0.2) is 16.3 Å². The summed E-state index contributed by atoms with van der Waals surface area (Å²) >= 11 is 5.32. The molecule has 0 atom stereocenters. The van der Waals surface area contributed by atoms with Gasteiger partial charge in [-0.3, -0.25) is 9.67 Å². The Hall–Kier alpha value is -2.69. The molecule has 2 aromatic carbocycles. The summed E-state index contributed by atoms with van der Waals surface area (Å²) in [5.41, 5.74) is 1.23. The highest BCUT2D eigenvalue weighted by Gasteiger charge is 2.21. The Kier molecular flexibility index (Phi) is 5.31. The van der Waals surface area contributed by atoms with E-state index >= 15 is 0 Å². The standard InChI is InChI=1S/C17H18N4O4S2/c1-24-13-8-11(15(27(18,22)23)10-14(13)25-2)9-16-19-20-17(26)21(16)12-6-4-3-5-7-12/h3-8,10H,9H2,1-2H3,(H,20,26)(H2,18,22,23). The normalized spacial score (nSPS) is 11.4. The van der Waals surface area contributed by atoms with Gasteiger partial charge in [-0.2, -0.15) is 5.10 Å². The second-order valence-corrected chi connectivity index (χ2v) is 7.57. The molecule has 3 aromatic rings. The van der Waals surface area contributed by atoms with Crippen molar-refractivity contribution in [3.63, 3.8) is 0 Å². The third-order valence-corrected chi connectivity index (χ3v) is 5.24. The minimum atomic E-state index is -3.99. The topological polar surface area (TPSA) is 112 Å². The molecule has 0 fully saturated rings. The molecule has 1 heterocycles. The fourth-order valence-electron chi connectivity index (χ4n) is 2.77. The Morgan fingerprint density at radius 1 is 1.15 bits per heavy atom. The number of nitrogens with zero attached hydrogens (tertiary/aromatic N) is 2. The van der Waals surface area contributed by atoms with Crippen molar-refractivity contribution in [3.8, 4) is 17.2 Å². The van der Waals surface area contributed by atoms with Gasteiger partial charge < -0.3 is 9.47 Å². The maximum atomic E-state index is 12.1. The van der Waals surface area contributed by atoms with Crippen molar-refractivity contribution in [1.29, 1.82) is 0 Å². The molecule has 0 unspecified atom stereocenters. The van der Waals surface area contributed by atoms with Gasteiger partial charge in [-0.05, 0) is 36.0 Å². The van der Waals surface area contributed by atoms with Crippen molar-refractivity contribution in [2.45, 2.75) is 11.3 Å². The number of hydrogen-bond acceptors (Lipinski definition) is 6. The third-order valence-electron chi connectivity index (χ3n) is 3.98. The van der Waals surface area contributed by atoms with E-state index in [0.29, 0.717) is 21.9 Å². The monoisotopic (exact) mass is 406 g/mol. The van der Waals surface area contributed by atoms with E-state index in [1.54, 1.807) is 10.6 Å². The van der Waals surface area contributed by atoms with Crippen LogP contribution in [0.3, 0.4) is 0 Å². The fraction of sp³-hybridized carbons (Fsp3) is 0.176. The van der Waals surface area contributed by atoms with Crippen molar-refractivity contribution in [2.75, 3.05) is 14.2 Å². The van der Waals surface area contributed by atoms with Crippen LogP contribution >= 0.6 is 12.2 Å². The predicted octanol–water partition coefficient (Wildman–Crippen LogP) is 2.19. The molecular formula is C17H18N4O4S2. The first-order chi connectivity index (χ1) is 12.8. The van der Waals surface area contributed by atoms with Crippen molar-refractivity contribution < 1.29 is 17.9 Å². The van der Waals surface area contributed by atoms with Crippen LogP contribution in [-0.4, -0.2) is 37.4 Å². The molecule has 10 heteroatoms. The number of benzene rings is 2. The molecule has 142 valence electrons. The van der Waals surface area contributed by atoms with E-state index in [1.165, 1.54) is 20.3 Å². The molecule has 0 saturated heterocycles. The molecule has 0 spiro atoms. The molecule has 1 aromatic heterocycles. The number of nitrogens with two attached hydrogens (primary N) is 1. The predicted molar refractivity (Wildman–Crippen MR) is 102 cm³/mol. The van der Waals surface area contributed by atoms with Crippen LogP contribution in [0, 0.1) is 4.77 Å². The minimum absolute atomic E-state index is 0.0614. The second kappa shape index (κ2) is 7.51. The van der Waals surface area contributed by atoms with E-state index in [-0.39, 0.29) is 17.1 Å². The molecule has 0 aliphatic carbocycles. The van der Waals surface area contributed by atoms with Crippen LogP contribution in [0.2, 0.25) is 0 Å². The molecule has 0 radical (unpaired) electrons. The summed E-state index contributed by atoms with van der Waals surface area (Å²) < 4.78 is 36.8. The number of aromatic amines is 1. The number of methoxy groups -OCH3 is 2. The number of sulfonamides is 1. The van der Waals surface area contributed by atoms with Crippen molar-refractivity contribution in [2.24, 2.45) is 5.14 Å². The van der Waals surface area contributed by atoms with E-state index in [9.17, 15) is 8.42 Å². The highest BCUT2D eigenvalue weighted by Crippen LogP contribution is 2.33. The van der Waals surface area contributed by atoms with Gasteiger partial charge in [-0.25, -0.2) is 13.6 Å². The Bertz CT molecular complexity index is 1120. The summed E-state index contributed by atoms with van der Waals surface area (Å²) in [5, 5.41) is 12.4. The van der Waals surface area contributed by atoms with Gasteiger partial charge in [0.25, 0.3) is 0 Å². The third kappa shape index (κ3) is 3.87. The number of hydrogen-bond donors (Lipinski definition) is 2. The van der Waals surface area contributed by atoms with Gasteiger partial charge in [0.05, 0.1) is 19.1 Å². The van der Waals surface area contributed by atoms with Crippen LogP contribution in [0.15, 0.2) is 47.4 Å². The molecule has 0 aliphatic heterocycles. The van der Waals surface area contributed by atoms with E-state index < -0.39 is 10.0 Å². The average Bonchev–Trinajstić information content (AvgIpc) is 3.01. The van der Waals surface area contributed by atoms with Crippen molar-refractivity contribution in [1.82, 2.24) is 14.8 Å². The van der Waals surface area contributed by atoms with Gasteiger partial charge in [-0.15, -0.1) is 0 Å². The number of H-pyrrole nitrogens is 1. The van der Waals surface area contributed by atoms with Gasteiger partial charge >= 0.3 is 0 Å². The zero-order valence-corrected chi connectivity index (χ0v) is 16.3. The SMILES string of the molecule is COc1cc(Cc2n[nH]c(=S)n2-c2ccccc2)c(S(N)(=O)=O)cc1OC. The first-order valence-corrected chi connectivity index (χ1v) is 9.80. The van der Waals surface area contributed by atoms with E-state index in [1.807, 2.05) is 30.3 Å². The molecular weight excluding hydrogens is 388 g/mol. The molecule has 3 rings (SSSR count). The largest absolute Gasteiger partial charge is 0.493 e. The average molecular weight is 406 g/mol. The highest BCUT2D eigenvalue weighted by atomic mass is 32.2. The van der Waals surface area contributed by atoms with Gasteiger partial charge in [0.2, 0.25) is 10.0 Å². The van der Waals surface area contributed by atoms with Crippen LogP contribution in [0.1, 0.15) is 11.4 Å². The molecule has 0 aliphatic rings. The summed E-state index contributed by atoms with van der Waals surface area (Å²) in [4.78, 5) is -0.0614. The smallest absolute Gasteiger partial charge is 0.238 e. The van der Waals surface area contributed by atoms with Gasteiger partial charge in [0, 0.05) is 18.2 Å². The number of ether oxygens (including phenoxy) is 2. The van der Waals surface area contributed by atoms with Crippen molar-refractivity contribution >= 4 is 22.2 Å². The van der Waals surface area contributed by atoms with Gasteiger partial charge in [0.1, 0.15) is 5.82 Å². The number of para-hydroxylation sites is 1. The number of nitrogens with one attached hydrogen (secondary N) is 1. The lowest BCUT2D eigenvalue weighted by molar-refractivity contribution is 0.353. The molecule has 27 heavy (non-hydrogen) atoms. The quantitative estimate of drug-likeness (QED) is 0.607. The Morgan fingerprint density at radius 3 is 2.37 bits per heavy atom. The Labute approximate surface area is 161 Å². The molecule has 0 amide bonds. The first-order valence-electron chi connectivity index (χ1n) is 7.84. The maximum Gasteiger partial charge on any atom is 0.238 e. The molecule has 0 saturated carbocycles. The van der Waals surface area contributed by atoms with Crippen LogP contribution in [0.25, 0.3) is 5.69 Å². The molecule has 0 bridgehead atoms. The summed E-state index contributed by atoms with van der Waals surface area (Å²) in [6.07, 6.45) is 0.161. The summed E-state index contributed by atoms with van der Waals surface area (Å²) in [6.45, 7) is 0. The Balaban J connectivity index is 2.16. The van der Waals surface area contributed by atoms with Gasteiger partial charge in [-0.1, -0.05) is 18.2 Å². The lowest BCUT2D eigenvalue weighted by atomic mass is 10.1. The van der Waals surface area contributed by atoms with E-state index in [2.05, 4.69) is 10.2 Å². The number of rotatable bonds is 6. The Morgan fingerprint density at radius 2 is 1.78 bits per heavy atom. The summed E-state index contributed by atoms with van der Waals surface area (Å²) in [5.74, 6) is 1.19. The molecule has 8 nitrogen and oxygen atoms in total. The minimum Gasteiger partial charge on any atom is -0.493 e. The summed E-state index contributed by atoms with van der Waals surface area (Å²) in [6, 6.07) is 12.3. The first kappa shape index (κ1) is 19.1.